The van der Waals surface area contributed by atoms with Gasteiger partial charge < -0.3 is 5.73 Å². The smallest absolute Gasteiger partial charge is 0.261 e. The summed E-state index contributed by atoms with van der Waals surface area (Å²) in [7, 11) is -3.74. The largest absolute Gasteiger partial charge is 0.398 e. The van der Waals surface area contributed by atoms with Crippen LogP contribution in [0.25, 0.3) is 0 Å². The number of hydrogen-bond acceptors (Lipinski definition) is 4. The summed E-state index contributed by atoms with van der Waals surface area (Å²) in [4.78, 5) is 11.4. The SMILES string of the molecule is CC(=O)c1cccc(NS(=O)(=O)c2ccc(N)c(Br)c2)c1. The van der Waals surface area contributed by atoms with Crippen LogP contribution in [0.5, 0.6) is 0 Å². The molecule has 2 rings (SSSR count). The molecule has 0 atom stereocenters. The van der Waals surface area contributed by atoms with E-state index in [0.717, 1.165) is 0 Å². The molecule has 7 heteroatoms. The van der Waals surface area contributed by atoms with E-state index in [-0.39, 0.29) is 10.7 Å². The fraction of sp³-hybridized carbons (Fsp3) is 0.0714. The number of rotatable bonds is 4. The van der Waals surface area contributed by atoms with Crippen LogP contribution in [0.2, 0.25) is 0 Å². The third-order valence-corrected chi connectivity index (χ3v) is 4.87. The first-order valence-corrected chi connectivity index (χ1v) is 8.26. The number of benzene rings is 2. The van der Waals surface area contributed by atoms with Gasteiger partial charge in [-0.2, -0.15) is 0 Å². The van der Waals surface area contributed by atoms with Gasteiger partial charge in [-0.05, 0) is 53.2 Å². The topological polar surface area (TPSA) is 89.3 Å². The van der Waals surface area contributed by atoms with Gasteiger partial charge in [-0.3, -0.25) is 9.52 Å². The Morgan fingerprint density at radius 1 is 1.19 bits per heavy atom. The second-order valence-corrected chi connectivity index (χ2v) is 6.96. The second-order valence-electron chi connectivity index (χ2n) is 4.43. The summed E-state index contributed by atoms with van der Waals surface area (Å²) >= 11 is 3.19. The summed E-state index contributed by atoms with van der Waals surface area (Å²) in [6, 6.07) is 10.7. The normalized spacial score (nSPS) is 11.1. The molecule has 0 aliphatic heterocycles. The molecule has 0 saturated heterocycles. The van der Waals surface area contributed by atoms with Crippen LogP contribution in [-0.4, -0.2) is 14.2 Å². The van der Waals surface area contributed by atoms with E-state index in [4.69, 9.17) is 5.73 Å². The highest BCUT2D eigenvalue weighted by atomic mass is 79.9. The molecule has 0 saturated carbocycles. The van der Waals surface area contributed by atoms with E-state index in [1.165, 1.54) is 31.2 Å². The minimum Gasteiger partial charge on any atom is -0.398 e. The average molecular weight is 369 g/mol. The highest BCUT2D eigenvalue weighted by molar-refractivity contribution is 9.10. The van der Waals surface area contributed by atoms with Crippen LogP contribution in [0.4, 0.5) is 11.4 Å². The van der Waals surface area contributed by atoms with E-state index < -0.39 is 10.0 Å². The van der Waals surface area contributed by atoms with Gasteiger partial charge in [0.1, 0.15) is 0 Å². The predicted octanol–water partition coefficient (Wildman–Crippen LogP) is 3.03. The molecular weight excluding hydrogens is 356 g/mol. The number of anilines is 2. The van der Waals surface area contributed by atoms with Crippen LogP contribution in [0, 0.1) is 0 Å². The molecule has 0 bridgehead atoms. The predicted molar refractivity (Wildman–Crippen MR) is 85.8 cm³/mol. The summed E-state index contributed by atoms with van der Waals surface area (Å²) < 4.78 is 27.5. The summed E-state index contributed by atoms with van der Waals surface area (Å²) in [6.07, 6.45) is 0. The van der Waals surface area contributed by atoms with Crippen LogP contribution >= 0.6 is 15.9 Å². The van der Waals surface area contributed by atoms with Crippen LogP contribution in [0.15, 0.2) is 51.8 Å². The average Bonchev–Trinajstić information content (AvgIpc) is 2.41. The fourth-order valence-corrected chi connectivity index (χ4v) is 3.30. The first-order valence-electron chi connectivity index (χ1n) is 5.98. The van der Waals surface area contributed by atoms with Gasteiger partial charge in [-0.25, -0.2) is 8.42 Å². The third kappa shape index (κ3) is 3.62. The Kier molecular flexibility index (Phi) is 4.34. The number of nitrogens with one attached hydrogen (secondary N) is 1. The Labute approximate surface area is 131 Å². The Morgan fingerprint density at radius 3 is 2.52 bits per heavy atom. The van der Waals surface area contributed by atoms with Crippen molar-refractivity contribution in [3.8, 4) is 0 Å². The summed E-state index contributed by atoms with van der Waals surface area (Å²) in [5.41, 5.74) is 6.86. The van der Waals surface area contributed by atoms with Gasteiger partial charge in [-0.1, -0.05) is 12.1 Å². The number of halogens is 1. The standard InChI is InChI=1S/C14H13BrN2O3S/c1-9(18)10-3-2-4-11(7-10)17-21(19,20)12-5-6-14(16)13(15)8-12/h2-8,17H,16H2,1H3. The molecular formula is C14H13BrN2O3S. The molecule has 5 nitrogen and oxygen atoms in total. The first-order chi connectivity index (χ1) is 9.79. The van der Waals surface area contributed by atoms with Crippen molar-refractivity contribution in [2.24, 2.45) is 0 Å². The number of carbonyl (C=O) groups is 1. The molecule has 0 unspecified atom stereocenters. The fourth-order valence-electron chi connectivity index (χ4n) is 1.69. The maximum Gasteiger partial charge on any atom is 0.261 e. The minimum absolute atomic E-state index is 0.0804. The van der Waals surface area contributed by atoms with E-state index >= 15 is 0 Å². The number of sulfonamides is 1. The van der Waals surface area contributed by atoms with Gasteiger partial charge in [-0.15, -0.1) is 0 Å². The van der Waals surface area contributed by atoms with E-state index in [1.54, 1.807) is 18.2 Å². The van der Waals surface area contributed by atoms with Gasteiger partial charge in [0.25, 0.3) is 10.0 Å². The van der Waals surface area contributed by atoms with Crippen molar-refractivity contribution in [2.75, 3.05) is 10.5 Å². The molecule has 0 aliphatic carbocycles. The van der Waals surface area contributed by atoms with Crippen LogP contribution in [0.1, 0.15) is 17.3 Å². The van der Waals surface area contributed by atoms with Crippen molar-refractivity contribution >= 4 is 43.1 Å². The summed E-state index contributed by atoms with van der Waals surface area (Å²) in [6.45, 7) is 1.42. The van der Waals surface area contributed by atoms with Crippen LogP contribution in [-0.2, 0) is 10.0 Å². The summed E-state index contributed by atoms with van der Waals surface area (Å²) in [5, 5.41) is 0. The zero-order valence-electron chi connectivity index (χ0n) is 11.1. The lowest BCUT2D eigenvalue weighted by atomic mass is 10.1. The molecule has 0 spiro atoms. The number of nitrogens with two attached hydrogens (primary N) is 1. The molecule has 0 radical (unpaired) electrons. The number of ketones is 1. The Morgan fingerprint density at radius 2 is 1.90 bits per heavy atom. The Bertz CT molecular complexity index is 804. The quantitative estimate of drug-likeness (QED) is 0.640. The van der Waals surface area contributed by atoms with Gasteiger partial charge in [0.2, 0.25) is 0 Å². The van der Waals surface area contributed by atoms with Crippen molar-refractivity contribution in [3.63, 3.8) is 0 Å². The van der Waals surface area contributed by atoms with Crippen molar-refractivity contribution < 1.29 is 13.2 Å². The van der Waals surface area contributed by atoms with Crippen LogP contribution in [0.3, 0.4) is 0 Å². The van der Waals surface area contributed by atoms with Gasteiger partial charge in [0.15, 0.2) is 5.78 Å². The number of Topliss-reactive ketones (excluding diaryl/α,β-unsaturated/α-hetero) is 1. The van der Waals surface area contributed by atoms with Crippen molar-refractivity contribution in [3.05, 3.63) is 52.5 Å². The van der Waals surface area contributed by atoms with E-state index in [9.17, 15) is 13.2 Å². The number of nitrogen functional groups attached to an aromatic ring is 1. The zero-order chi connectivity index (χ0) is 15.6. The number of hydrogen-bond donors (Lipinski definition) is 2. The van der Waals surface area contributed by atoms with Gasteiger partial charge in [0.05, 0.1) is 4.90 Å². The lowest BCUT2D eigenvalue weighted by Crippen LogP contribution is -2.13. The van der Waals surface area contributed by atoms with Gasteiger partial charge >= 0.3 is 0 Å². The molecule has 0 aromatic heterocycles. The minimum atomic E-state index is -3.74. The number of carbonyl (C=O) groups excluding carboxylic acids is 1. The molecule has 110 valence electrons. The molecule has 2 aromatic rings. The van der Waals surface area contributed by atoms with Crippen LogP contribution < -0.4 is 10.5 Å². The maximum absolute atomic E-state index is 12.3. The molecule has 0 aliphatic rings. The second kappa shape index (κ2) is 5.87. The highest BCUT2D eigenvalue weighted by Gasteiger charge is 2.15. The molecule has 2 aromatic carbocycles. The third-order valence-electron chi connectivity index (χ3n) is 2.80. The van der Waals surface area contributed by atoms with E-state index in [0.29, 0.717) is 21.4 Å². The summed E-state index contributed by atoms with van der Waals surface area (Å²) in [5.74, 6) is -0.133. The Balaban J connectivity index is 2.35. The lowest BCUT2D eigenvalue weighted by Gasteiger charge is -2.10. The molecule has 21 heavy (non-hydrogen) atoms. The van der Waals surface area contributed by atoms with E-state index in [2.05, 4.69) is 20.7 Å². The van der Waals surface area contributed by atoms with E-state index in [1.807, 2.05) is 0 Å². The molecule has 0 heterocycles. The zero-order valence-corrected chi connectivity index (χ0v) is 13.5. The van der Waals surface area contributed by atoms with Crippen molar-refractivity contribution in [1.82, 2.24) is 0 Å². The molecule has 0 amide bonds. The first kappa shape index (κ1) is 15.5. The monoisotopic (exact) mass is 368 g/mol. The van der Waals surface area contributed by atoms with Crippen molar-refractivity contribution in [1.29, 1.82) is 0 Å². The molecule has 0 fully saturated rings. The Hall–Kier alpha value is -1.86. The highest BCUT2D eigenvalue weighted by Crippen LogP contribution is 2.24. The van der Waals surface area contributed by atoms with Crippen molar-refractivity contribution in [2.45, 2.75) is 11.8 Å². The van der Waals surface area contributed by atoms with Gasteiger partial charge in [0, 0.05) is 21.4 Å². The lowest BCUT2D eigenvalue weighted by molar-refractivity contribution is 0.101. The maximum atomic E-state index is 12.3. The molecule has 3 N–H and O–H groups in total.